The molecule has 54 valence electrons. The predicted octanol–water partition coefficient (Wildman–Crippen LogP) is 0.892. The SMILES string of the molecule is NCCC1=CC=CC=CN1. The van der Waals surface area contributed by atoms with Crippen LogP contribution < -0.4 is 11.1 Å². The lowest BCUT2D eigenvalue weighted by molar-refractivity contribution is 0.873. The Balaban J connectivity index is 2.50. The summed E-state index contributed by atoms with van der Waals surface area (Å²) < 4.78 is 0. The molecule has 1 heterocycles. The van der Waals surface area contributed by atoms with Crippen LogP contribution in [0.2, 0.25) is 0 Å². The molecule has 1 aliphatic rings. The van der Waals surface area contributed by atoms with Crippen LogP contribution >= 0.6 is 0 Å². The van der Waals surface area contributed by atoms with Crippen LogP contribution in [-0.4, -0.2) is 6.54 Å². The first-order valence-electron chi connectivity index (χ1n) is 3.42. The van der Waals surface area contributed by atoms with Crippen LogP contribution in [0.25, 0.3) is 0 Å². The van der Waals surface area contributed by atoms with E-state index in [4.69, 9.17) is 5.73 Å². The summed E-state index contributed by atoms with van der Waals surface area (Å²) in [5.41, 5.74) is 6.55. The molecular formula is C8H12N2. The van der Waals surface area contributed by atoms with Crippen LogP contribution in [0.15, 0.2) is 36.2 Å². The normalized spacial score (nSPS) is 15.9. The Hall–Kier alpha value is -1.02. The molecule has 1 aliphatic heterocycles. The fourth-order valence-electron chi connectivity index (χ4n) is 0.806. The van der Waals surface area contributed by atoms with Crippen LogP contribution in [0, 0.1) is 0 Å². The average molecular weight is 136 g/mol. The van der Waals surface area contributed by atoms with Crippen LogP contribution in [0.3, 0.4) is 0 Å². The van der Waals surface area contributed by atoms with E-state index in [1.807, 2.05) is 30.5 Å². The highest BCUT2D eigenvalue weighted by Crippen LogP contribution is 1.98. The van der Waals surface area contributed by atoms with E-state index in [0.29, 0.717) is 6.54 Å². The molecule has 0 saturated carbocycles. The van der Waals surface area contributed by atoms with Gasteiger partial charge in [0, 0.05) is 11.9 Å². The van der Waals surface area contributed by atoms with E-state index in [-0.39, 0.29) is 0 Å². The summed E-state index contributed by atoms with van der Waals surface area (Å²) in [5.74, 6) is 0. The summed E-state index contributed by atoms with van der Waals surface area (Å²) in [6.45, 7) is 0.695. The maximum absolute atomic E-state index is 5.38. The van der Waals surface area contributed by atoms with Crippen molar-refractivity contribution in [2.45, 2.75) is 6.42 Å². The zero-order valence-electron chi connectivity index (χ0n) is 5.88. The predicted molar refractivity (Wildman–Crippen MR) is 43.2 cm³/mol. The number of nitrogens with two attached hydrogens (primary N) is 1. The van der Waals surface area contributed by atoms with E-state index in [0.717, 1.165) is 6.42 Å². The smallest absolute Gasteiger partial charge is 0.0159 e. The molecule has 0 aromatic carbocycles. The molecule has 2 nitrogen and oxygen atoms in total. The zero-order chi connectivity index (χ0) is 7.23. The van der Waals surface area contributed by atoms with Crippen molar-refractivity contribution in [3.05, 3.63) is 36.2 Å². The maximum atomic E-state index is 5.38. The molecule has 0 aliphatic carbocycles. The van der Waals surface area contributed by atoms with Gasteiger partial charge in [-0.15, -0.1) is 0 Å². The third-order valence-electron chi connectivity index (χ3n) is 1.30. The van der Waals surface area contributed by atoms with Gasteiger partial charge in [0.05, 0.1) is 0 Å². The lowest BCUT2D eigenvalue weighted by atomic mass is 10.3. The van der Waals surface area contributed by atoms with Crippen LogP contribution in [0.5, 0.6) is 0 Å². The first-order chi connectivity index (χ1) is 4.93. The number of hydrogen-bond acceptors (Lipinski definition) is 2. The van der Waals surface area contributed by atoms with Gasteiger partial charge in [-0.05, 0) is 25.1 Å². The monoisotopic (exact) mass is 136 g/mol. The Kier molecular flexibility index (Phi) is 2.77. The largest absolute Gasteiger partial charge is 0.365 e. The molecule has 0 spiro atoms. The average Bonchev–Trinajstić information content (AvgIpc) is 2.17. The van der Waals surface area contributed by atoms with Crippen molar-refractivity contribution >= 4 is 0 Å². The molecule has 10 heavy (non-hydrogen) atoms. The minimum atomic E-state index is 0.695. The molecule has 0 atom stereocenters. The third-order valence-corrected chi connectivity index (χ3v) is 1.30. The summed E-state index contributed by atoms with van der Waals surface area (Å²) in [6.07, 6.45) is 10.8. The van der Waals surface area contributed by atoms with E-state index in [1.165, 1.54) is 5.70 Å². The quantitative estimate of drug-likeness (QED) is 0.591. The highest BCUT2D eigenvalue weighted by Gasteiger charge is 1.90. The van der Waals surface area contributed by atoms with Crippen LogP contribution in [0.4, 0.5) is 0 Å². The molecule has 0 bridgehead atoms. The van der Waals surface area contributed by atoms with Gasteiger partial charge in [0.1, 0.15) is 0 Å². The highest BCUT2D eigenvalue weighted by atomic mass is 14.8. The van der Waals surface area contributed by atoms with Gasteiger partial charge in [-0.1, -0.05) is 12.2 Å². The topological polar surface area (TPSA) is 38.0 Å². The van der Waals surface area contributed by atoms with Crippen LogP contribution in [-0.2, 0) is 0 Å². The molecule has 3 N–H and O–H groups in total. The third kappa shape index (κ3) is 2.07. The van der Waals surface area contributed by atoms with Gasteiger partial charge in [-0.3, -0.25) is 0 Å². The number of rotatable bonds is 2. The van der Waals surface area contributed by atoms with E-state index >= 15 is 0 Å². The molecule has 0 unspecified atom stereocenters. The molecule has 0 amide bonds. The van der Waals surface area contributed by atoms with Crippen molar-refractivity contribution in [1.29, 1.82) is 0 Å². The van der Waals surface area contributed by atoms with Crippen molar-refractivity contribution < 1.29 is 0 Å². The number of hydrogen-bond donors (Lipinski definition) is 2. The Labute approximate surface area is 61.1 Å². The van der Waals surface area contributed by atoms with E-state index < -0.39 is 0 Å². The van der Waals surface area contributed by atoms with Gasteiger partial charge < -0.3 is 11.1 Å². The standard InChI is InChI=1S/C8H12N2/c9-6-5-8-4-2-1-3-7-10-8/h1-4,7,10H,5-6,9H2. The summed E-state index contributed by atoms with van der Waals surface area (Å²) in [7, 11) is 0. The minimum absolute atomic E-state index is 0.695. The Morgan fingerprint density at radius 3 is 3.00 bits per heavy atom. The molecule has 2 heteroatoms. The first kappa shape index (κ1) is 7.09. The summed E-state index contributed by atoms with van der Waals surface area (Å²) in [5, 5.41) is 3.12. The maximum Gasteiger partial charge on any atom is 0.0159 e. The second kappa shape index (κ2) is 3.90. The Bertz CT molecular complexity index is 178. The highest BCUT2D eigenvalue weighted by molar-refractivity contribution is 5.20. The minimum Gasteiger partial charge on any atom is -0.365 e. The van der Waals surface area contributed by atoms with E-state index in [9.17, 15) is 0 Å². The fraction of sp³-hybridized carbons (Fsp3) is 0.250. The van der Waals surface area contributed by atoms with Crippen molar-refractivity contribution in [2.75, 3.05) is 6.54 Å². The molecule has 1 rings (SSSR count). The lowest BCUT2D eigenvalue weighted by Crippen LogP contribution is -2.09. The van der Waals surface area contributed by atoms with Crippen molar-refractivity contribution in [1.82, 2.24) is 5.32 Å². The van der Waals surface area contributed by atoms with Gasteiger partial charge in [0.25, 0.3) is 0 Å². The van der Waals surface area contributed by atoms with Gasteiger partial charge in [-0.2, -0.15) is 0 Å². The Morgan fingerprint density at radius 1 is 1.30 bits per heavy atom. The lowest BCUT2D eigenvalue weighted by Gasteiger charge is -2.01. The van der Waals surface area contributed by atoms with Gasteiger partial charge in [0.15, 0.2) is 0 Å². The fourth-order valence-corrected chi connectivity index (χ4v) is 0.806. The van der Waals surface area contributed by atoms with Crippen molar-refractivity contribution in [3.8, 4) is 0 Å². The van der Waals surface area contributed by atoms with Crippen molar-refractivity contribution in [2.24, 2.45) is 5.73 Å². The van der Waals surface area contributed by atoms with Crippen LogP contribution in [0.1, 0.15) is 6.42 Å². The second-order valence-electron chi connectivity index (χ2n) is 2.12. The molecule has 0 fully saturated rings. The molecule has 0 saturated heterocycles. The van der Waals surface area contributed by atoms with Gasteiger partial charge in [0.2, 0.25) is 0 Å². The van der Waals surface area contributed by atoms with E-state index in [1.54, 1.807) is 0 Å². The molecule has 0 aromatic heterocycles. The molecule has 0 radical (unpaired) electrons. The van der Waals surface area contributed by atoms with Gasteiger partial charge in [-0.25, -0.2) is 0 Å². The van der Waals surface area contributed by atoms with Crippen molar-refractivity contribution in [3.63, 3.8) is 0 Å². The molecule has 0 aromatic rings. The summed E-state index contributed by atoms with van der Waals surface area (Å²) in [6, 6.07) is 0. The molecular weight excluding hydrogens is 124 g/mol. The second-order valence-corrected chi connectivity index (χ2v) is 2.12. The van der Waals surface area contributed by atoms with Gasteiger partial charge >= 0.3 is 0 Å². The summed E-state index contributed by atoms with van der Waals surface area (Å²) >= 11 is 0. The first-order valence-corrected chi connectivity index (χ1v) is 3.42. The Morgan fingerprint density at radius 2 is 2.20 bits per heavy atom. The summed E-state index contributed by atoms with van der Waals surface area (Å²) in [4.78, 5) is 0. The zero-order valence-corrected chi connectivity index (χ0v) is 5.88. The number of allylic oxidation sites excluding steroid dienone is 4. The number of nitrogens with one attached hydrogen (secondary N) is 1. The van der Waals surface area contributed by atoms with E-state index in [2.05, 4.69) is 5.32 Å².